The second-order valence-corrected chi connectivity index (χ2v) is 7.47. The Balaban J connectivity index is 1.23. The average Bonchev–Trinajstić information content (AvgIpc) is 3.47. The molecule has 3 aromatic heterocycles. The van der Waals surface area contributed by atoms with E-state index in [1.807, 2.05) is 41.8 Å². The molecule has 7 nitrogen and oxygen atoms in total. The highest BCUT2D eigenvalue weighted by Crippen LogP contribution is 2.36. The molecule has 0 bridgehead atoms. The summed E-state index contributed by atoms with van der Waals surface area (Å²) in [4.78, 5) is 4.56. The fourth-order valence-electron chi connectivity index (χ4n) is 2.57. The van der Waals surface area contributed by atoms with Crippen LogP contribution in [0.4, 0.5) is 0 Å². The highest BCUT2D eigenvalue weighted by molar-refractivity contribution is 7.98. The van der Waals surface area contributed by atoms with Crippen LogP contribution < -0.4 is 9.47 Å². The number of para-hydroxylation sites is 2. The largest absolute Gasteiger partial charge is 0.485 e. The standard InChI is InChI=1S/C18H13N3O4S2/c1-2-5-13-12(4-1)23-8-15(24-13)16-20-21-18(25-16)27-10-11-9-26-17(19-11)14-6-3-7-22-14/h1-7,9,15H,8,10H2. The number of rotatable bonds is 5. The number of ether oxygens (including phenoxy) is 2. The van der Waals surface area contributed by atoms with Gasteiger partial charge in [0.05, 0.1) is 12.0 Å². The average molecular weight is 399 g/mol. The van der Waals surface area contributed by atoms with E-state index in [4.69, 9.17) is 18.3 Å². The summed E-state index contributed by atoms with van der Waals surface area (Å²) < 4.78 is 22.7. The highest BCUT2D eigenvalue weighted by atomic mass is 32.2. The number of fused-ring (bicyclic) bond motifs is 1. The Bertz CT molecular complexity index is 1040. The van der Waals surface area contributed by atoms with Crippen LogP contribution in [0.2, 0.25) is 0 Å². The predicted octanol–water partition coefficient (Wildman–Crippen LogP) is 4.59. The summed E-state index contributed by atoms with van der Waals surface area (Å²) in [6.07, 6.45) is 1.23. The van der Waals surface area contributed by atoms with Crippen molar-refractivity contribution >= 4 is 23.1 Å². The van der Waals surface area contributed by atoms with Gasteiger partial charge in [-0.15, -0.1) is 21.5 Å². The van der Waals surface area contributed by atoms with Crippen molar-refractivity contribution in [3.63, 3.8) is 0 Å². The zero-order chi connectivity index (χ0) is 18.1. The quantitative estimate of drug-likeness (QED) is 0.451. The highest BCUT2D eigenvalue weighted by Gasteiger charge is 2.27. The predicted molar refractivity (Wildman–Crippen MR) is 99.0 cm³/mol. The molecular weight excluding hydrogens is 386 g/mol. The third-order valence-electron chi connectivity index (χ3n) is 3.83. The summed E-state index contributed by atoms with van der Waals surface area (Å²) in [5, 5.41) is 11.5. The molecule has 1 aromatic carbocycles. The second-order valence-electron chi connectivity index (χ2n) is 5.68. The van der Waals surface area contributed by atoms with Crippen LogP contribution in [0.15, 0.2) is 62.1 Å². The van der Waals surface area contributed by atoms with E-state index in [0.29, 0.717) is 29.2 Å². The van der Waals surface area contributed by atoms with Crippen LogP contribution in [0.5, 0.6) is 11.5 Å². The second kappa shape index (κ2) is 7.09. The van der Waals surface area contributed by atoms with Crippen LogP contribution >= 0.6 is 23.1 Å². The Morgan fingerprint density at radius 3 is 2.93 bits per heavy atom. The third kappa shape index (κ3) is 3.43. The molecule has 0 N–H and O–H groups in total. The molecule has 1 atom stereocenters. The van der Waals surface area contributed by atoms with Gasteiger partial charge in [0.1, 0.15) is 6.61 Å². The van der Waals surface area contributed by atoms with Crippen molar-refractivity contribution in [3.8, 4) is 22.3 Å². The minimum Gasteiger partial charge on any atom is -0.485 e. The van der Waals surface area contributed by atoms with Gasteiger partial charge >= 0.3 is 0 Å². The molecule has 27 heavy (non-hydrogen) atoms. The van der Waals surface area contributed by atoms with Crippen LogP contribution in [0.25, 0.3) is 10.8 Å². The topological polar surface area (TPSA) is 83.4 Å². The van der Waals surface area contributed by atoms with Gasteiger partial charge < -0.3 is 18.3 Å². The van der Waals surface area contributed by atoms with Gasteiger partial charge in [0, 0.05) is 11.1 Å². The van der Waals surface area contributed by atoms with Gasteiger partial charge in [0.15, 0.2) is 22.3 Å². The van der Waals surface area contributed by atoms with Gasteiger partial charge in [0.2, 0.25) is 6.10 Å². The van der Waals surface area contributed by atoms with Gasteiger partial charge in [-0.1, -0.05) is 23.9 Å². The molecule has 0 fully saturated rings. The molecule has 0 spiro atoms. The van der Waals surface area contributed by atoms with Crippen LogP contribution in [0.1, 0.15) is 17.7 Å². The van der Waals surface area contributed by atoms with E-state index < -0.39 is 6.10 Å². The molecule has 4 aromatic rings. The van der Waals surface area contributed by atoms with Crippen molar-refractivity contribution in [2.75, 3.05) is 6.61 Å². The van der Waals surface area contributed by atoms with E-state index in [0.717, 1.165) is 22.2 Å². The lowest BCUT2D eigenvalue weighted by Crippen LogP contribution is -2.21. The van der Waals surface area contributed by atoms with Crippen molar-refractivity contribution in [3.05, 3.63) is 59.6 Å². The lowest BCUT2D eigenvalue weighted by atomic mass is 10.2. The Hall–Kier alpha value is -2.78. The lowest BCUT2D eigenvalue weighted by molar-refractivity contribution is 0.0686. The SMILES string of the molecule is c1coc(-c2nc(CSc3nnc(C4COc5ccccc5O4)o3)cs2)c1. The van der Waals surface area contributed by atoms with E-state index in [1.54, 1.807) is 17.6 Å². The van der Waals surface area contributed by atoms with E-state index >= 15 is 0 Å². The number of aromatic nitrogens is 3. The zero-order valence-electron chi connectivity index (χ0n) is 13.9. The van der Waals surface area contributed by atoms with Crippen LogP contribution in [0.3, 0.4) is 0 Å². The maximum absolute atomic E-state index is 5.89. The van der Waals surface area contributed by atoms with Gasteiger partial charge in [-0.3, -0.25) is 0 Å². The van der Waals surface area contributed by atoms with E-state index in [2.05, 4.69) is 15.2 Å². The first kappa shape index (κ1) is 16.4. The Kier molecular flexibility index (Phi) is 4.30. The number of hydrogen-bond donors (Lipinski definition) is 0. The summed E-state index contributed by atoms with van der Waals surface area (Å²) in [5.41, 5.74) is 0.933. The van der Waals surface area contributed by atoms with Crippen molar-refractivity contribution in [2.24, 2.45) is 0 Å². The molecule has 1 unspecified atom stereocenters. The molecule has 0 aliphatic carbocycles. The lowest BCUT2D eigenvalue weighted by Gasteiger charge is -2.23. The summed E-state index contributed by atoms with van der Waals surface area (Å²) in [5.74, 6) is 3.20. The maximum atomic E-state index is 5.89. The minimum absolute atomic E-state index is 0.335. The van der Waals surface area contributed by atoms with Crippen LogP contribution in [-0.4, -0.2) is 21.8 Å². The van der Waals surface area contributed by atoms with Gasteiger partial charge in [0.25, 0.3) is 11.1 Å². The molecular formula is C18H13N3O4S2. The Morgan fingerprint density at radius 1 is 1.11 bits per heavy atom. The summed E-state index contributed by atoms with van der Waals surface area (Å²) >= 11 is 2.97. The normalized spacial score (nSPS) is 15.8. The maximum Gasteiger partial charge on any atom is 0.277 e. The van der Waals surface area contributed by atoms with Crippen molar-refractivity contribution in [2.45, 2.75) is 17.1 Å². The Labute approximate surface area is 162 Å². The summed E-state index contributed by atoms with van der Waals surface area (Å²) in [7, 11) is 0. The van der Waals surface area contributed by atoms with Gasteiger partial charge in [-0.25, -0.2) is 4.98 Å². The monoisotopic (exact) mass is 399 g/mol. The minimum atomic E-state index is -0.411. The first-order chi connectivity index (χ1) is 13.3. The number of nitrogens with zero attached hydrogens (tertiary/aromatic N) is 3. The van der Waals surface area contributed by atoms with Crippen LogP contribution in [-0.2, 0) is 5.75 Å². The molecule has 1 aliphatic rings. The Morgan fingerprint density at radius 2 is 2.04 bits per heavy atom. The fourth-order valence-corrected chi connectivity index (χ4v) is 4.13. The first-order valence-electron chi connectivity index (χ1n) is 8.18. The number of benzene rings is 1. The van der Waals surface area contributed by atoms with Gasteiger partial charge in [-0.2, -0.15) is 0 Å². The number of hydrogen-bond acceptors (Lipinski definition) is 9. The molecule has 4 heterocycles. The van der Waals surface area contributed by atoms with E-state index in [1.165, 1.54) is 11.8 Å². The number of thioether (sulfide) groups is 1. The number of thiazole rings is 1. The van der Waals surface area contributed by atoms with Crippen molar-refractivity contribution in [1.82, 2.24) is 15.2 Å². The van der Waals surface area contributed by atoms with Crippen LogP contribution in [0, 0.1) is 0 Å². The van der Waals surface area contributed by atoms with E-state index in [9.17, 15) is 0 Å². The molecule has 5 rings (SSSR count). The molecule has 1 aliphatic heterocycles. The molecule has 136 valence electrons. The van der Waals surface area contributed by atoms with Gasteiger partial charge in [-0.05, 0) is 24.3 Å². The smallest absolute Gasteiger partial charge is 0.277 e. The zero-order valence-corrected chi connectivity index (χ0v) is 15.5. The summed E-state index contributed by atoms with van der Waals surface area (Å²) in [6.45, 7) is 0.335. The number of furan rings is 1. The van der Waals surface area contributed by atoms with Crippen molar-refractivity contribution in [1.29, 1.82) is 0 Å². The van der Waals surface area contributed by atoms with E-state index in [-0.39, 0.29) is 0 Å². The molecule has 9 heteroatoms. The first-order valence-corrected chi connectivity index (χ1v) is 10.0. The molecule has 0 saturated carbocycles. The molecule has 0 amide bonds. The molecule has 0 radical (unpaired) electrons. The third-order valence-corrected chi connectivity index (χ3v) is 5.59. The summed E-state index contributed by atoms with van der Waals surface area (Å²) in [6, 6.07) is 11.3. The van der Waals surface area contributed by atoms with Crippen molar-refractivity contribution < 1.29 is 18.3 Å². The fraction of sp³-hybridized carbons (Fsp3) is 0.167. The molecule has 0 saturated heterocycles.